The summed E-state index contributed by atoms with van der Waals surface area (Å²) in [5.74, 6) is 7.30. The van der Waals surface area contributed by atoms with Gasteiger partial charge in [0, 0.05) is 12.8 Å². The first-order chi connectivity index (χ1) is 4.81. The van der Waals surface area contributed by atoms with E-state index in [2.05, 4.69) is 17.8 Å². The molecule has 0 saturated carbocycles. The van der Waals surface area contributed by atoms with Gasteiger partial charge in [0.25, 0.3) is 0 Å². The van der Waals surface area contributed by atoms with Crippen molar-refractivity contribution in [1.82, 2.24) is 0 Å². The molecule has 0 saturated heterocycles. The molecule has 0 fully saturated rings. The highest BCUT2D eigenvalue weighted by Crippen LogP contribution is 1.93. The van der Waals surface area contributed by atoms with Gasteiger partial charge in [0.15, 0.2) is 0 Å². The van der Waals surface area contributed by atoms with Crippen LogP contribution >= 0.6 is 0 Å². The number of terminal acetylenes is 1. The molecule has 10 heavy (non-hydrogen) atoms. The van der Waals surface area contributed by atoms with Crippen LogP contribution in [-0.4, -0.2) is 22.9 Å². The summed E-state index contributed by atoms with van der Waals surface area (Å²) < 4.78 is 0. The lowest BCUT2D eigenvalue weighted by Gasteiger charge is -1.98. The Balaban J connectivity index is 3.40. The predicted octanol–water partition coefficient (Wildman–Crippen LogP) is -0.244. The van der Waals surface area contributed by atoms with Crippen molar-refractivity contribution in [2.75, 3.05) is 6.61 Å². The van der Waals surface area contributed by atoms with Gasteiger partial charge >= 0.3 is 0 Å². The Hall–Kier alpha value is -0.960. The monoisotopic (exact) mass is 138 g/mol. The van der Waals surface area contributed by atoms with Gasteiger partial charge in [0.1, 0.15) is 6.61 Å². The highest BCUT2D eigenvalue weighted by atomic mass is 16.3. The van der Waals surface area contributed by atoms with Crippen LogP contribution in [0.1, 0.15) is 12.8 Å². The second kappa shape index (κ2) is 6.16. The zero-order valence-corrected chi connectivity index (χ0v) is 5.67. The summed E-state index contributed by atoms with van der Waals surface area (Å²) in [6.45, 7) is -0.164. The zero-order chi connectivity index (χ0) is 7.82. The van der Waals surface area contributed by atoms with Gasteiger partial charge in [-0.15, -0.1) is 12.3 Å². The molecule has 0 spiro atoms. The summed E-state index contributed by atoms with van der Waals surface area (Å²) >= 11 is 0. The summed E-state index contributed by atoms with van der Waals surface area (Å²) in [5, 5.41) is 17.2. The highest BCUT2D eigenvalue weighted by Gasteiger charge is 1.96. The topological polar surface area (TPSA) is 40.5 Å². The van der Waals surface area contributed by atoms with E-state index in [1.165, 1.54) is 0 Å². The van der Waals surface area contributed by atoms with Crippen LogP contribution in [0.2, 0.25) is 0 Å². The highest BCUT2D eigenvalue weighted by molar-refractivity contribution is 5.01. The Morgan fingerprint density at radius 2 is 2.00 bits per heavy atom. The van der Waals surface area contributed by atoms with Crippen LogP contribution in [0.4, 0.5) is 0 Å². The fourth-order valence-electron chi connectivity index (χ4n) is 0.454. The lowest BCUT2D eigenvalue weighted by atomic mass is 10.2. The Kier molecular flexibility index (Phi) is 5.57. The fraction of sp³-hybridized carbons (Fsp3) is 0.500. The first-order valence-electron chi connectivity index (χ1n) is 2.99. The lowest BCUT2D eigenvalue weighted by molar-refractivity contribution is 0.186. The van der Waals surface area contributed by atoms with Gasteiger partial charge in [-0.1, -0.05) is 11.8 Å². The molecule has 0 aliphatic heterocycles. The first kappa shape index (κ1) is 9.04. The first-order valence-corrected chi connectivity index (χ1v) is 2.99. The maximum absolute atomic E-state index is 8.95. The largest absolute Gasteiger partial charge is 0.391 e. The molecule has 0 amide bonds. The molecule has 0 radical (unpaired) electrons. The maximum atomic E-state index is 8.95. The minimum Gasteiger partial charge on any atom is -0.391 e. The van der Waals surface area contributed by atoms with Crippen LogP contribution in [0, 0.1) is 24.2 Å². The minimum atomic E-state index is -0.552. The average Bonchev–Trinajstić information content (AvgIpc) is 1.89. The van der Waals surface area contributed by atoms with E-state index >= 15 is 0 Å². The Morgan fingerprint density at radius 3 is 2.50 bits per heavy atom. The summed E-state index contributed by atoms with van der Waals surface area (Å²) in [5.41, 5.74) is 0. The predicted molar refractivity (Wildman–Crippen MR) is 38.9 cm³/mol. The smallest absolute Gasteiger partial charge is 0.104 e. The number of hydrogen-bond donors (Lipinski definition) is 2. The van der Waals surface area contributed by atoms with Gasteiger partial charge in [0.05, 0.1) is 6.10 Å². The van der Waals surface area contributed by atoms with Crippen LogP contribution in [0.3, 0.4) is 0 Å². The van der Waals surface area contributed by atoms with E-state index < -0.39 is 6.10 Å². The Labute approximate surface area is 60.9 Å². The van der Waals surface area contributed by atoms with Crippen molar-refractivity contribution in [3.05, 3.63) is 0 Å². The van der Waals surface area contributed by atoms with E-state index in [-0.39, 0.29) is 6.61 Å². The van der Waals surface area contributed by atoms with Crippen LogP contribution in [0.25, 0.3) is 0 Å². The maximum Gasteiger partial charge on any atom is 0.104 e. The van der Waals surface area contributed by atoms with Crippen molar-refractivity contribution < 1.29 is 10.2 Å². The van der Waals surface area contributed by atoms with Crippen LogP contribution in [0.15, 0.2) is 0 Å². The quantitative estimate of drug-likeness (QED) is 0.517. The van der Waals surface area contributed by atoms with Crippen molar-refractivity contribution in [3.8, 4) is 24.2 Å². The lowest BCUT2D eigenvalue weighted by Crippen LogP contribution is -2.02. The van der Waals surface area contributed by atoms with E-state index in [1.807, 2.05) is 0 Å². The van der Waals surface area contributed by atoms with Gasteiger partial charge in [-0.25, -0.2) is 0 Å². The third-order valence-electron chi connectivity index (χ3n) is 0.895. The van der Waals surface area contributed by atoms with Gasteiger partial charge in [-0.3, -0.25) is 0 Å². The van der Waals surface area contributed by atoms with Crippen LogP contribution < -0.4 is 0 Å². The molecule has 2 N–H and O–H groups in total. The number of hydrogen-bond acceptors (Lipinski definition) is 2. The third-order valence-corrected chi connectivity index (χ3v) is 0.895. The molecule has 0 aliphatic rings. The molecule has 54 valence electrons. The molecule has 0 aromatic carbocycles. The molecular weight excluding hydrogens is 128 g/mol. The molecular formula is C8H10O2. The van der Waals surface area contributed by atoms with E-state index in [1.54, 1.807) is 0 Å². The van der Waals surface area contributed by atoms with Crippen molar-refractivity contribution in [2.24, 2.45) is 0 Å². The van der Waals surface area contributed by atoms with E-state index in [0.717, 1.165) is 0 Å². The van der Waals surface area contributed by atoms with Crippen LogP contribution in [0.5, 0.6) is 0 Å². The van der Waals surface area contributed by atoms with Crippen molar-refractivity contribution in [1.29, 1.82) is 0 Å². The average molecular weight is 138 g/mol. The van der Waals surface area contributed by atoms with Gasteiger partial charge in [-0.05, 0) is 0 Å². The third kappa shape index (κ3) is 5.18. The molecule has 0 bridgehead atoms. The standard InChI is InChI=1S/C8H10O2/c1-2-5-8(10)6-3-4-7-9/h1,8-10H,5-7H2/t8-/m0/s1. The van der Waals surface area contributed by atoms with Crippen molar-refractivity contribution in [3.63, 3.8) is 0 Å². The minimum absolute atomic E-state index is 0.164. The Bertz CT molecular complexity index is 168. The summed E-state index contributed by atoms with van der Waals surface area (Å²) in [6, 6.07) is 0. The molecule has 0 aromatic heterocycles. The Morgan fingerprint density at radius 1 is 1.30 bits per heavy atom. The molecule has 2 nitrogen and oxygen atoms in total. The number of aliphatic hydroxyl groups is 2. The van der Waals surface area contributed by atoms with Gasteiger partial charge in [0.2, 0.25) is 0 Å². The normalized spacial score (nSPS) is 10.9. The van der Waals surface area contributed by atoms with Crippen LogP contribution in [-0.2, 0) is 0 Å². The van der Waals surface area contributed by atoms with E-state index in [0.29, 0.717) is 12.8 Å². The molecule has 0 aliphatic carbocycles. The second-order valence-electron chi connectivity index (χ2n) is 1.78. The summed E-state index contributed by atoms with van der Waals surface area (Å²) in [6.07, 6.45) is 5.03. The summed E-state index contributed by atoms with van der Waals surface area (Å²) in [4.78, 5) is 0. The summed E-state index contributed by atoms with van der Waals surface area (Å²) in [7, 11) is 0. The van der Waals surface area contributed by atoms with E-state index in [9.17, 15) is 0 Å². The molecule has 0 aromatic rings. The van der Waals surface area contributed by atoms with Crippen molar-refractivity contribution in [2.45, 2.75) is 18.9 Å². The SMILES string of the molecule is C#CC[C@H](O)CC#CCO. The number of aliphatic hydroxyl groups excluding tert-OH is 2. The number of rotatable bonds is 2. The molecule has 0 unspecified atom stereocenters. The van der Waals surface area contributed by atoms with Gasteiger partial charge in [-0.2, -0.15) is 0 Å². The molecule has 2 heteroatoms. The fourth-order valence-corrected chi connectivity index (χ4v) is 0.454. The molecule has 1 atom stereocenters. The zero-order valence-electron chi connectivity index (χ0n) is 5.67. The second-order valence-corrected chi connectivity index (χ2v) is 1.78. The van der Waals surface area contributed by atoms with Gasteiger partial charge < -0.3 is 10.2 Å². The molecule has 0 rings (SSSR count). The van der Waals surface area contributed by atoms with E-state index in [4.69, 9.17) is 16.6 Å². The van der Waals surface area contributed by atoms with Crippen molar-refractivity contribution >= 4 is 0 Å². The molecule has 0 heterocycles.